The van der Waals surface area contributed by atoms with Gasteiger partial charge >= 0.3 is 0 Å². The molecule has 1 amide bonds. The molecular formula is C23H26N2O3. The molecule has 2 saturated heterocycles. The number of carbonyl (C=O) groups excluding carboxylic acids is 2. The van der Waals surface area contributed by atoms with Gasteiger partial charge in [-0.3, -0.25) is 14.5 Å². The Morgan fingerprint density at radius 2 is 1.82 bits per heavy atom. The van der Waals surface area contributed by atoms with Crippen molar-refractivity contribution in [2.45, 2.75) is 31.9 Å². The Morgan fingerprint density at radius 1 is 1.11 bits per heavy atom. The molecule has 5 heteroatoms. The number of likely N-dealkylation sites (tertiary alicyclic amines) is 1. The summed E-state index contributed by atoms with van der Waals surface area (Å²) < 4.78 is 5.85. The van der Waals surface area contributed by atoms with Crippen LogP contribution in [0.15, 0.2) is 48.5 Å². The van der Waals surface area contributed by atoms with Crippen molar-refractivity contribution >= 4 is 11.7 Å². The lowest BCUT2D eigenvalue weighted by Gasteiger charge is -2.43. The van der Waals surface area contributed by atoms with Gasteiger partial charge in [-0.15, -0.1) is 0 Å². The summed E-state index contributed by atoms with van der Waals surface area (Å²) >= 11 is 0. The van der Waals surface area contributed by atoms with Crippen LogP contribution in [0.25, 0.3) is 11.1 Å². The highest BCUT2D eigenvalue weighted by Crippen LogP contribution is 2.29. The van der Waals surface area contributed by atoms with E-state index in [2.05, 4.69) is 34.5 Å². The third-order valence-electron chi connectivity index (χ3n) is 5.86. The minimum atomic E-state index is -0.176. The molecule has 28 heavy (non-hydrogen) atoms. The van der Waals surface area contributed by atoms with E-state index >= 15 is 0 Å². The van der Waals surface area contributed by atoms with Crippen molar-refractivity contribution in [3.05, 3.63) is 59.7 Å². The van der Waals surface area contributed by atoms with E-state index in [1.807, 2.05) is 24.3 Å². The topological polar surface area (TPSA) is 58.6 Å². The van der Waals surface area contributed by atoms with Gasteiger partial charge in [0.2, 0.25) is 5.91 Å². The molecule has 2 aliphatic heterocycles. The van der Waals surface area contributed by atoms with Crippen LogP contribution in [-0.2, 0) is 16.1 Å². The van der Waals surface area contributed by atoms with Crippen molar-refractivity contribution in [2.24, 2.45) is 0 Å². The second-order valence-corrected chi connectivity index (χ2v) is 7.82. The number of Topliss-reactive ketones (excluding diaryl/α,β-unsaturated/α-hetero) is 1. The maximum absolute atomic E-state index is 11.9. The minimum absolute atomic E-state index is 0.0144. The number of hydrogen-bond donors (Lipinski definition) is 1. The molecule has 0 saturated carbocycles. The molecule has 0 unspecified atom stereocenters. The quantitative estimate of drug-likeness (QED) is 0.831. The summed E-state index contributed by atoms with van der Waals surface area (Å²) in [6.07, 6.45) is 1.88. The smallest absolute Gasteiger partial charge is 0.246 e. The number of nitrogens with zero attached hydrogens (tertiary/aromatic N) is 1. The molecule has 0 atom stereocenters. The molecule has 2 heterocycles. The van der Waals surface area contributed by atoms with Crippen LogP contribution >= 0.6 is 0 Å². The van der Waals surface area contributed by atoms with Crippen LogP contribution in [0, 0.1) is 0 Å². The van der Waals surface area contributed by atoms with Crippen LogP contribution in [0.3, 0.4) is 0 Å². The zero-order valence-electron chi connectivity index (χ0n) is 16.2. The molecule has 4 rings (SSSR count). The summed E-state index contributed by atoms with van der Waals surface area (Å²) in [5.41, 5.74) is 3.90. The Hall–Kier alpha value is -2.50. The fourth-order valence-corrected chi connectivity index (χ4v) is 4.11. The summed E-state index contributed by atoms with van der Waals surface area (Å²) in [6.45, 7) is 5.25. The van der Waals surface area contributed by atoms with Crippen molar-refractivity contribution in [3.8, 4) is 11.1 Å². The number of rotatable bonds is 4. The molecule has 1 spiro atoms. The predicted molar refractivity (Wildman–Crippen MR) is 108 cm³/mol. The van der Waals surface area contributed by atoms with Gasteiger partial charge in [-0.2, -0.15) is 0 Å². The number of benzene rings is 2. The average Bonchev–Trinajstić information content (AvgIpc) is 2.73. The second-order valence-electron chi connectivity index (χ2n) is 7.82. The fraction of sp³-hybridized carbons (Fsp3) is 0.391. The van der Waals surface area contributed by atoms with E-state index in [0.29, 0.717) is 6.54 Å². The first kappa shape index (κ1) is 18.8. The van der Waals surface area contributed by atoms with Gasteiger partial charge < -0.3 is 10.1 Å². The van der Waals surface area contributed by atoms with Crippen LogP contribution in [0.1, 0.15) is 35.7 Å². The summed E-state index contributed by atoms with van der Waals surface area (Å²) in [4.78, 5) is 25.6. The zero-order chi connectivity index (χ0) is 19.6. The van der Waals surface area contributed by atoms with Gasteiger partial charge in [0.05, 0.1) is 5.60 Å². The maximum Gasteiger partial charge on any atom is 0.246 e. The first-order valence-corrected chi connectivity index (χ1v) is 9.87. The monoisotopic (exact) mass is 378 g/mol. The van der Waals surface area contributed by atoms with Crippen molar-refractivity contribution in [3.63, 3.8) is 0 Å². The maximum atomic E-state index is 11.9. The van der Waals surface area contributed by atoms with E-state index in [0.717, 1.165) is 49.2 Å². The molecule has 5 nitrogen and oxygen atoms in total. The van der Waals surface area contributed by atoms with E-state index in [-0.39, 0.29) is 23.9 Å². The highest BCUT2D eigenvalue weighted by Gasteiger charge is 2.38. The molecule has 0 aliphatic carbocycles. The number of ketones is 1. The van der Waals surface area contributed by atoms with Crippen molar-refractivity contribution in [1.82, 2.24) is 10.2 Å². The van der Waals surface area contributed by atoms with Gasteiger partial charge in [0, 0.05) is 31.7 Å². The molecule has 0 bridgehead atoms. The SMILES string of the molecule is CC(=O)c1ccccc1-c1ccc(CN2CCC3(CC2)CNC(=O)CO3)cc1. The van der Waals surface area contributed by atoms with E-state index in [1.54, 1.807) is 6.92 Å². The number of piperidine rings is 1. The summed E-state index contributed by atoms with van der Waals surface area (Å²) in [7, 11) is 0. The van der Waals surface area contributed by atoms with Crippen LogP contribution in [-0.4, -0.2) is 48.4 Å². The molecular weight excluding hydrogens is 352 g/mol. The lowest BCUT2D eigenvalue weighted by molar-refractivity contribution is -0.150. The largest absolute Gasteiger partial charge is 0.363 e. The number of nitrogens with one attached hydrogen (secondary N) is 1. The Bertz CT molecular complexity index is 856. The molecule has 0 aromatic heterocycles. The lowest BCUT2D eigenvalue weighted by atomic mass is 9.89. The number of ether oxygens (including phenoxy) is 1. The predicted octanol–water partition coefficient (Wildman–Crippen LogP) is 3.04. The normalized spacial score (nSPS) is 19.4. The van der Waals surface area contributed by atoms with Crippen LogP contribution < -0.4 is 5.32 Å². The zero-order valence-corrected chi connectivity index (χ0v) is 16.2. The van der Waals surface area contributed by atoms with Crippen LogP contribution in [0.5, 0.6) is 0 Å². The molecule has 2 fully saturated rings. The van der Waals surface area contributed by atoms with E-state index in [4.69, 9.17) is 4.74 Å². The third kappa shape index (κ3) is 4.01. The number of hydrogen-bond acceptors (Lipinski definition) is 4. The first-order chi connectivity index (χ1) is 13.5. The Balaban J connectivity index is 1.38. The van der Waals surface area contributed by atoms with Gasteiger partial charge in [0.25, 0.3) is 0 Å². The molecule has 1 N–H and O–H groups in total. The van der Waals surface area contributed by atoms with Crippen molar-refractivity contribution in [1.29, 1.82) is 0 Å². The molecule has 2 aromatic rings. The highest BCUT2D eigenvalue weighted by atomic mass is 16.5. The van der Waals surface area contributed by atoms with Crippen LogP contribution in [0.2, 0.25) is 0 Å². The molecule has 2 aliphatic rings. The van der Waals surface area contributed by atoms with E-state index in [9.17, 15) is 9.59 Å². The molecule has 146 valence electrons. The Labute approximate surface area is 165 Å². The summed E-state index contributed by atoms with van der Waals surface area (Å²) in [5.74, 6) is 0.0718. The van der Waals surface area contributed by atoms with Gasteiger partial charge in [0.15, 0.2) is 5.78 Å². The lowest BCUT2D eigenvalue weighted by Crippen LogP contribution is -2.57. The number of amides is 1. The van der Waals surface area contributed by atoms with Crippen LogP contribution in [0.4, 0.5) is 0 Å². The highest BCUT2D eigenvalue weighted by molar-refractivity contribution is 6.00. The summed E-state index contributed by atoms with van der Waals surface area (Å²) in [6, 6.07) is 16.2. The standard InChI is InChI=1S/C23H26N2O3/c1-17(26)20-4-2-3-5-21(20)19-8-6-18(7-9-19)14-25-12-10-23(11-13-25)16-24-22(27)15-28-23/h2-9H,10-16H2,1H3,(H,24,27). The van der Waals surface area contributed by atoms with Gasteiger partial charge in [-0.25, -0.2) is 0 Å². The van der Waals surface area contributed by atoms with Crippen molar-refractivity contribution in [2.75, 3.05) is 26.2 Å². The fourth-order valence-electron chi connectivity index (χ4n) is 4.11. The molecule has 2 aromatic carbocycles. The van der Waals surface area contributed by atoms with Gasteiger partial charge in [0.1, 0.15) is 6.61 Å². The second kappa shape index (κ2) is 7.86. The van der Waals surface area contributed by atoms with Gasteiger partial charge in [-0.05, 0) is 36.5 Å². The summed E-state index contributed by atoms with van der Waals surface area (Å²) in [5, 5.41) is 2.93. The third-order valence-corrected chi connectivity index (χ3v) is 5.86. The molecule has 0 radical (unpaired) electrons. The van der Waals surface area contributed by atoms with Gasteiger partial charge in [-0.1, -0.05) is 48.5 Å². The number of carbonyl (C=O) groups is 2. The first-order valence-electron chi connectivity index (χ1n) is 9.87. The minimum Gasteiger partial charge on any atom is -0.363 e. The Morgan fingerprint density at radius 3 is 2.46 bits per heavy atom. The van der Waals surface area contributed by atoms with E-state index < -0.39 is 0 Å². The Kier molecular flexibility index (Phi) is 5.29. The number of morpholine rings is 1. The average molecular weight is 378 g/mol. The van der Waals surface area contributed by atoms with Crippen molar-refractivity contribution < 1.29 is 14.3 Å². The van der Waals surface area contributed by atoms with E-state index in [1.165, 1.54) is 5.56 Å².